The molecule has 6 nitrogen and oxygen atoms in total. The van der Waals surface area contributed by atoms with Gasteiger partial charge >= 0.3 is 0 Å². The summed E-state index contributed by atoms with van der Waals surface area (Å²) >= 11 is 0. The van der Waals surface area contributed by atoms with Crippen LogP contribution >= 0.6 is 0 Å². The van der Waals surface area contributed by atoms with Gasteiger partial charge in [-0.15, -0.1) is 0 Å². The number of carbonyl (C=O) groups is 1. The van der Waals surface area contributed by atoms with Crippen LogP contribution in [-0.4, -0.2) is 48.1 Å². The van der Waals surface area contributed by atoms with E-state index < -0.39 is 17.3 Å². The van der Waals surface area contributed by atoms with Crippen LogP contribution in [0.3, 0.4) is 0 Å². The van der Waals surface area contributed by atoms with Crippen LogP contribution in [0.2, 0.25) is 0 Å². The van der Waals surface area contributed by atoms with E-state index in [0.29, 0.717) is 25.5 Å². The molecule has 0 saturated carbocycles. The summed E-state index contributed by atoms with van der Waals surface area (Å²) in [7, 11) is 1.64. The van der Waals surface area contributed by atoms with Crippen molar-refractivity contribution in [3.8, 4) is 5.75 Å². The summed E-state index contributed by atoms with van der Waals surface area (Å²) in [6, 6.07) is 17.8. The predicted molar refractivity (Wildman–Crippen MR) is 106 cm³/mol. The molecular weight excluding hydrogens is 368 g/mol. The van der Waals surface area contributed by atoms with Gasteiger partial charge in [-0.05, 0) is 18.1 Å². The van der Waals surface area contributed by atoms with E-state index in [1.165, 1.54) is 0 Å². The molecule has 2 spiro atoms. The maximum atomic E-state index is 14.1. The predicted octanol–water partition coefficient (Wildman–Crippen LogP) is 2.74. The highest BCUT2D eigenvalue weighted by atomic mass is 16.5. The Balaban J connectivity index is 1.52. The Morgan fingerprint density at radius 1 is 1.14 bits per heavy atom. The number of amides is 1. The van der Waals surface area contributed by atoms with Gasteiger partial charge in [0.25, 0.3) is 5.91 Å². The second-order valence-corrected chi connectivity index (χ2v) is 8.32. The lowest BCUT2D eigenvalue weighted by Crippen LogP contribution is -2.74. The number of carbonyl (C=O) groups excluding carboxylic acids is 1. The number of fused-ring (bicyclic) bond motifs is 1. The summed E-state index contributed by atoms with van der Waals surface area (Å²) < 4.78 is 18.1. The quantitative estimate of drug-likeness (QED) is 0.751. The van der Waals surface area contributed by atoms with E-state index in [0.717, 1.165) is 23.3 Å². The molecule has 0 N–H and O–H groups in total. The van der Waals surface area contributed by atoms with Gasteiger partial charge in [0.2, 0.25) is 5.90 Å². The van der Waals surface area contributed by atoms with E-state index >= 15 is 0 Å². The Kier molecular flexibility index (Phi) is 3.42. The van der Waals surface area contributed by atoms with Crippen LogP contribution in [0.4, 0.5) is 0 Å². The first kappa shape index (κ1) is 17.0. The van der Waals surface area contributed by atoms with Crippen LogP contribution in [0.25, 0.3) is 0 Å². The molecule has 6 heteroatoms. The molecule has 2 fully saturated rings. The second-order valence-electron chi connectivity index (χ2n) is 8.32. The summed E-state index contributed by atoms with van der Waals surface area (Å²) in [6.07, 6.45) is 0.803. The molecule has 1 amide bonds. The molecule has 5 aliphatic heterocycles. The van der Waals surface area contributed by atoms with Crippen molar-refractivity contribution < 1.29 is 19.0 Å². The van der Waals surface area contributed by atoms with E-state index in [4.69, 9.17) is 19.2 Å². The number of para-hydroxylation sites is 1. The third-order valence-electron chi connectivity index (χ3n) is 6.87. The molecule has 5 aliphatic rings. The summed E-state index contributed by atoms with van der Waals surface area (Å²) in [5.41, 5.74) is 0.395. The lowest BCUT2D eigenvalue weighted by atomic mass is 9.65. The number of benzene rings is 2. The summed E-state index contributed by atoms with van der Waals surface area (Å²) in [4.78, 5) is 20.9. The average molecular weight is 390 g/mol. The Labute approximate surface area is 169 Å². The van der Waals surface area contributed by atoms with Gasteiger partial charge < -0.3 is 14.2 Å². The highest BCUT2D eigenvalue weighted by Crippen LogP contribution is 2.55. The Hall–Kier alpha value is -2.86. The second kappa shape index (κ2) is 5.83. The lowest BCUT2D eigenvalue weighted by molar-refractivity contribution is -0.158. The first-order chi connectivity index (χ1) is 14.2. The van der Waals surface area contributed by atoms with E-state index in [1.54, 1.807) is 7.11 Å². The maximum Gasteiger partial charge on any atom is 0.254 e. The van der Waals surface area contributed by atoms with E-state index in [2.05, 4.69) is 0 Å². The number of hydrogen-bond donors (Lipinski definition) is 0. The molecule has 0 aliphatic carbocycles. The number of nitrogens with zero attached hydrogens (tertiary/aromatic N) is 2. The van der Waals surface area contributed by atoms with Crippen LogP contribution in [0.15, 0.2) is 59.6 Å². The van der Waals surface area contributed by atoms with Gasteiger partial charge in [-0.1, -0.05) is 48.5 Å². The summed E-state index contributed by atoms with van der Waals surface area (Å²) in [5.74, 6) is 1.44. The molecule has 0 unspecified atom stereocenters. The zero-order valence-electron chi connectivity index (χ0n) is 16.2. The van der Waals surface area contributed by atoms with Gasteiger partial charge in [0, 0.05) is 17.9 Å². The van der Waals surface area contributed by atoms with Crippen LogP contribution in [-0.2, 0) is 20.7 Å². The molecule has 0 radical (unpaired) electrons. The zero-order chi connectivity index (χ0) is 19.6. The van der Waals surface area contributed by atoms with Crippen molar-refractivity contribution >= 4 is 11.8 Å². The monoisotopic (exact) mass is 390 g/mol. The molecule has 4 atom stereocenters. The molecule has 2 aromatic carbocycles. The molecule has 5 heterocycles. The van der Waals surface area contributed by atoms with Crippen molar-refractivity contribution in [2.45, 2.75) is 30.1 Å². The molecule has 2 aromatic rings. The summed E-state index contributed by atoms with van der Waals surface area (Å²) in [5, 5.41) is 0. The average Bonchev–Trinajstić information content (AvgIpc) is 3.06. The molecule has 0 aromatic heterocycles. The highest BCUT2D eigenvalue weighted by molar-refractivity contribution is 6.03. The molecule has 2 bridgehead atoms. The third kappa shape index (κ3) is 2.10. The third-order valence-corrected chi connectivity index (χ3v) is 6.87. The van der Waals surface area contributed by atoms with E-state index in [1.807, 2.05) is 59.5 Å². The van der Waals surface area contributed by atoms with Gasteiger partial charge in [-0.25, -0.2) is 4.99 Å². The van der Waals surface area contributed by atoms with Gasteiger partial charge in [-0.3, -0.25) is 9.69 Å². The SMILES string of the molecule is COC1=N[C@]23Cc4ccccc4OC[C@@H]2C[C@]12CO[C@H](c1ccccc1)N2C3=O. The van der Waals surface area contributed by atoms with Crippen LogP contribution in [0.5, 0.6) is 5.75 Å². The minimum Gasteiger partial charge on any atom is -0.493 e. The van der Waals surface area contributed by atoms with Crippen molar-refractivity contribution in [1.29, 1.82) is 0 Å². The first-order valence-electron chi connectivity index (χ1n) is 10.0. The fraction of sp³-hybridized carbons (Fsp3) is 0.391. The minimum atomic E-state index is -0.916. The number of piperidine rings is 1. The van der Waals surface area contributed by atoms with Crippen molar-refractivity contribution in [2.24, 2.45) is 10.9 Å². The molecule has 2 saturated heterocycles. The van der Waals surface area contributed by atoms with Gasteiger partial charge in [0.15, 0.2) is 11.8 Å². The minimum absolute atomic E-state index is 0.0150. The van der Waals surface area contributed by atoms with Crippen molar-refractivity contribution in [1.82, 2.24) is 4.90 Å². The molecule has 29 heavy (non-hydrogen) atoms. The number of hydrogen-bond acceptors (Lipinski definition) is 5. The van der Waals surface area contributed by atoms with Gasteiger partial charge in [0.1, 0.15) is 11.3 Å². The number of ether oxygens (including phenoxy) is 3. The van der Waals surface area contributed by atoms with Crippen molar-refractivity contribution in [2.75, 3.05) is 20.3 Å². The number of aliphatic imine (C=N–C) groups is 1. The van der Waals surface area contributed by atoms with E-state index in [9.17, 15) is 4.79 Å². The zero-order valence-corrected chi connectivity index (χ0v) is 16.2. The fourth-order valence-electron chi connectivity index (χ4n) is 5.51. The standard InChI is InChI=1S/C23H22N2O4/c1-27-20-22-12-17-13-28-18-10-6-5-9-16(18)11-23(17,24-20)21(26)25(22)19(29-14-22)15-7-3-2-4-8-15/h2-10,17,19H,11-14H2,1H3/t17-,19+,22-,23+/m0/s1. The Morgan fingerprint density at radius 2 is 1.93 bits per heavy atom. The smallest absolute Gasteiger partial charge is 0.254 e. The van der Waals surface area contributed by atoms with Crippen LogP contribution in [0.1, 0.15) is 23.8 Å². The molecule has 7 rings (SSSR count). The highest BCUT2D eigenvalue weighted by Gasteiger charge is 2.70. The fourth-order valence-corrected chi connectivity index (χ4v) is 5.51. The van der Waals surface area contributed by atoms with Gasteiger partial charge in [-0.2, -0.15) is 0 Å². The normalized spacial score (nSPS) is 34.4. The number of rotatable bonds is 1. The molecular formula is C23H22N2O4. The Morgan fingerprint density at radius 3 is 2.76 bits per heavy atom. The first-order valence-corrected chi connectivity index (χ1v) is 10.0. The van der Waals surface area contributed by atoms with Crippen molar-refractivity contribution in [3.63, 3.8) is 0 Å². The largest absolute Gasteiger partial charge is 0.493 e. The number of methoxy groups -OCH3 is 1. The lowest BCUT2D eigenvalue weighted by Gasteiger charge is -2.55. The topological polar surface area (TPSA) is 60.4 Å². The Bertz CT molecular complexity index is 1020. The van der Waals surface area contributed by atoms with E-state index in [-0.39, 0.29) is 11.8 Å². The van der Waals surface area contributed by atoms with Crippen LogP contribution < -0.4 is 4.74 Å². The summed E-state index contributed by atoms with van der Waals surface area (Å²) in [6.45, 7) is 0.847. The van der Waals surface area contributed by atoms with Crippen molar-refractivity contribution in [3.05, 3.63) is 65.7 Å². The van der Waals surface area contributed by atoms with Crippen LogP contribution in [0, 0.1) is 5.92 Å². The molecule has 148 valence electrons. The maximum absolute atomic E-state index is 14.1. The van der Waals surface area contributed by atoms with Gasteiger partial charge in [0.05, 0.1) is 20.3 Å².